The average molecular weight is 291 g/mol. The van der Waals surface area contributed by atoms with E-state index >= 15 is 0 Å². The van der Waals surface area contributed by atoms with Gasteiger partial charge in [-0.1, -0.05) is 30.4 Å². The number of nitrogens with two attached hydrogens (primary N) is 1. The van der Waals surface area contributed by atoms with Crippen molar-refractivity contribution in [3.8, 4) is 0 Å². The Balaban J connectivity index is 1.78. The molecule has 1 aliphatic rings. The Bertz CT molecular complexity index is 923. The molecule has 0 spiro atoms. The van der Waals surface area contributed by atoms with Crippen molar-refractivity contribution in [1.29, 1.82) is 0 Å². The van der Waals surface area contributed by atoms with Gasteiger partial charge in [0.05, 0.1) is 24.1 Å². The van der Waals surface area contributed by atoms with Gasteiger partial charge >= 0.3 is 0 Å². The maximum atomic E-state index is 10.6. The van der Waals surface area contributed by atoms with E-state index in [1.54, 1.807) is 0 Å². The quantitative estimate of drug-likeness (QED) is 0.723. The molecule has 1 atom stereocenters. The van der Waals surface area contributed by atoms with Crippen LogP contribution in [0.2, 0.25) is 0 Å². The number of nitrogens with zero attached hydrogens (tertiary/aromatic N) is 2. The van der Waals surface area contributed by atoms with E-state index in [-0.39, 0.29) is 0 Å². The Morgan fingerprint density at radius 3 is 3.14 bits per heavy atom. The van der Waals surface area contributed by atoms with Gasteiger partial charge in [0, 0.05) is 23.0 Å². The molecule has 4 rings (SSSR count). The smallest absolute Gasteiger partial charge is 0.0994 e. The first-order chi connectivity index (χ1) is 10.7. The lowest BCUT2D eigenvalue weighted by atomic mass is 9.99. The highest BCUT2D eigenvalue weighted by atomic mass is 16.3. The van der Waals surface area contributed by atoms with Crippen LogP contribution in [-0.2, 0) is 12.8 Å². The number of aliphatic hydroxyl groups is 1. The second-order valence-corrected chi connectivity index (χ2v) is 5.68. The number of nitrogen functional groups attached to an aromatic ring is 1. The summed E-state index contributed by atoms with van der Waals surface area (Å²) < 4.78 is 2.09. The molecule has 0 saturated carbocycles. The molecule has 0 bridgehead atoms. The van der Waals surface area contributed by atoms with Crippen LogP contribution in [0.5, 0.6) is 0 Å². The number of fused-ring (bicyclic) bond motifs is 3. The summed E-state index contributed by atoms with van der Waals surface area (Å²) in [6, 6.07) is 7.44. The summed E-state index contributed by atoms with van der Waals surface area (Å²) in [4.78, 5) is 4.24. The SMILES string of the molecule is Nc1cccc(C(O)Cc2c3c(c4cncn24)=CC=CC3)c1. The molecule has 0 aliphatic heterocycles. The van der Waals surface area contributed by atoms with Gasteiger partial charge in [-0.3, -0.25) is 0 Å². The number of aliphatic hydroxyl groups excluding tert-OH is 1. The topological polar surface area (TPSA) is 63.5 Å². The van der Waals surface area contributed by atoms with Crippen molar-refractivity contribution in [1.82, 2.24) is 9.38 Å². The molecule has 2 heterocycles. The van der Waals surface area contributed by atoms with E-state index in [1.807, 2.05) is 36.8 Å². The van der Waals surface area contributed by atoms with Crippen molar-refractivity contribution in [2.24, 2.45) is 0 Å². The summed E-state index contributed by atoms with van der Waals surface area (Å²) in [7, 11) is 0. The monoisotopic (exact) mass is 291 g/mol. The number of allylic oxidation sites excluding steroid dienone is 2. The summed E-state index contributed by atoms with van der Waals surface area (Å²) in [5.74, 6) is 0. The minimum Gasteiger partial charge on any atom is -0.399 e. The lowest BCUT2D eigenvalue weighted by Crippen LogP contribution is -2.11. The molecule has 3 aromatic rings. The highest BCUT2D eigenvalue weighted by Gasteiger charge is 2.19. The molecular weight excluding hydrogens is 274 g/mol. The first-order valence-electron chi connectivity index (χ1n) is 7.40. The molecule has 110 valence electrons. The van der Waals surface area contributed by atoms with E-state index in [0.717, 1.165) is 23.2 Å². The molecule has 4 heteroatoms. The second kappa shape index (κ2) is 5.00. The standard InChI is InChI=1S/C18H17N3O/c19-13-5-3-4-12(8-13)18(22)9-16-14-6-1-2-7-15(14)17-10-20-11-21(16)17/h1-5,7-8,10-11,18,22H,6,9,19H2. The van der Waals surface area contributed by atoms with Crippen molar-refractivity contribution in [3.63, 3.8) is 0 Å². The van der Waals surface area contributed by atoms with Gasteiger partial charge in [-0.15, -0.1) is 0 Å². The highest BCUT2D eigenvalue weighted by Crippen LogP contribution is 2.23. The predicted molar refractivity (Wildman–Crippen MR) is 87.2 cm³/mol. The Morgan fingerprint density at radius 1 is 1.36 bits per heavy atom. The third-order valence-corrected chi connectivity index (χ3v) is 4.28. The van der Waals surface area contributed by atoms with E-state index < -0.39 is 6.10 Å². The molecule has 0 radical (unpaired) electrons. The van der Waals surface area contributed by atoms with Crippen molar-refractivity contribution >= 4 is 17.3 Å². The van der Waals surface area contributed by atoms with Gasteiger partial charge in [0.15, 0.2) is 0 Å². The van der Waals surface area contributed by atoms with Gasteiger partial charge in [0.1, 0.15) is 0 Å². The van der Waals surface area contributed by atoms with Crippen LogP contribution in [0.3, 0.4) is 0 Å². The van der Waals surface area contributed by atoms with Crippen molar-refractivity contribution < 1.29 is 5.11 Å². The molecule has 3 N–H and O–H groups in total. The minimum absolute atomic E-state index is 0.549. The Kier molecular flexibility index (Phi) is 2.98. The molecule has 4 nitrogen and oxygen atoms in total. The molecule has 1 aliphatic carbocycles. The zero-order valence-electron chi connectivity index (χ0n) is 12.1. The minimum atomic E-state index is -0.577. The summed E-state index contributed by atoms with van der Waals surface area (Å²) >= 11 is 0. The molecule has 0 fully saturated rings. The van der Waals surface area contributed by atoms with Crippen molar-refractivity contribution in [2.45, 2.75) is 18.9 Å². The van der Waals surface area contributed by atoms with Gasteiger partial charge in [-0.2, -0.15) is 0 Å². The van der Waals surface area contributed by atoms with Gasteiger partial charge in [-0.05, 0) is 29.7 Å². The Hall–Kier alpha value is -2.59. The third kappa shape index (κ3) is 2.00. The van der Waals surface area contributed by atoms with Gasteiger partial charge in [0.2, 0.25) is 0 Å². The van der Waals surface area contributed by atoms with Crippen LogP contribution in [0.25, 0.3) is 11.6 Å². The fraction of sp³-hybridized carbons (Fsp3) is 0.167. The number of aromatic nitrogens is 2. The number of hydrogen-bond donors (Lipinski definition) is 2. The Morgan fingerprint density at radius 2 is 2.27 bits per heavy atom. The maximum absolute atomic E-state index is 10.6. The number of imidazole rings is 1. The van der Waals surface area contributed by atoms with Gasteiger partial charge in [0.25, 0.3) is 0 Å². The fourth-order valence-electron chi connectivity index (χ4n) is 3.22. The predicted octanol–water partition coefficient (Wildman–Crippen LogP) is 1.80. The first-order valence-corrected chi connectivity index (χ1v) is 7.40. The largest absolute Gasteiger partial charge is 0.399 e. The number of rotatable bonds is 3. The Labute approximate surface area is 128 Å². The third-order valence-electron chi connectivity index (χ3n) is 4.28. The van der Waals surface area contributed by atoms with Crippen LogP contribution >= 0.6 is 0 Å². The lowest BCUT2D eigenvalue weighted by molar-refractivity contribution is 0.177. The number of anilines is 1. The highest BCUT2D eigenvalue weighted by molar-refractivity contribution is 5.62. The van der Waals surface area contributed by atoms with E-state index in [9.17, 15) is 5.11 Å². The van der Waals surface area contributed by atoms with Crippen LogP contribution in [0.15, 0.2) is 48.9 Å². The molecular formula is C18H17N3O. The van der Waals surface area contributed by atoms with Gasteiger partial charge < -0.3 is 15.2 Å². The summed E-state index contributed by atoms with van der Waals surface area (Å²) in [6.45, 7) is 0. The molecule has 1 unspecified atom stereocenters. The summed E-state index contributed by atoms with van der Waals surface area (Å²) in [5.41, 5.74) is 10.8. The van der Waals surface area contributed by atoms with E-state index in [0.29, 0.717) is 12.1 Å². The normalized spacial score (nSPS) is 14.8. The van der Waals surface area contributed by atoms with Crippen LogP contribution < -0.4 is 11.0 Å². The lowest BCUT2D eigenvalue weighted by Gasteiger charge is -2.13. The first kappa shape index (κ1) is 13.1. The van der Waals surface area contributed by atoms with Crippen LogP contribution in [0, 0.1) is 0 Å². The number of benzene rings is 1. The zero-order chi connectivity index (χ0) is 15.1. The summed E-state index contributed by atoms with van der Waals surface area (Å²) in [6.07, 6.45) is 10.9. The van der Waals surface area contributed by atoms with Crippen LogP contribution in [0.4, 0.5) is 5.69 Å². The van der Waals surface area contributed by atoms with E-state index in [1.165, 1.54) is 10.8 Å². The van der Waals surface area contributed by atoms with E-state index in [4.69, 9.17) is 5.73 Å². The van der Waals surface area contributed by atoms with Gasteiger partial charge in [-0.25, -0.2) is 4.98 Å². The van der Waals surface area contributed by atoms with Crippen molar-refractivity contribution in [3.05, 3.63) is 71.0 Å². The molecule has 1 aromatic carbocycles. The zero-order valence-corrected chi connectivity index (χ0v) is 12.1. The van der Waals surface area contributed by atoms with Crippen LogP contribution in [-0.4, -0.2) is 14.5 Å². The molecule has 2 aromatic heterocycles. The number of hydrogen-bond acceptors (Lipinski definition) is 3. The fourth-order valence-corrected chi connectivity index (χ4v) is 3.22. The maximum Gasteiger partial charge on any atom is 0.0994 e. The second-order valence-electron chi connectivity index (χ2n) is 5.68. The van der Waals surface area contributed by atoms with Crippen LogP contribution in [0.1, 0.15) is 22.9 Å². The molecule has 0 saturated heterocycles. The van der Waals surface area contributed by atoms with E-state index in [2.05, 4.69) is 27.6 Å². The van der Waals surface area contributed by atoms with Crippen molar-refractivity contribution in [2.75, 3.05) is 5.73 Å². The molecule has 0 amide bonds. The summed E-state index contributed by atoms with van der Waals surface area (Å²) in [5, 5.41) is 11.8. The molecule has 22 heavy (non-hydrogen) atoms. The average Bonchev–Trinajstić information content (AvgIpc) is 3.10.